The second-order valence-electron chi connectivity index (χ2n) is 5.15. The molecule has 0 aliphatic rings. The molecule has 0 saturated heterocycles. The minimum atomic E-state index is -0.975. The summed E-state index contributed by atoms with van der Waals surface area (Å²) in [5, 5.41) is 2.64. The van der Waals surface area contributed by atoms with Crippen molar-refractivity contribution in [2.75, 3.05) is 5.32 Å². The summed E-state index contributed by atoms with van der Waals surface area (Å²) < 4.78 is 23.3. The number of ether oxygens (including phenoxy) is 2. The van der Waals surface area contributed by atoms with E-state index in [1.54, 1.807) is 24.3 Å². The summed E-state index contributed by atoms with van der Waals surface area (Å²) in [6.07, 6.45) is -1.90. The second kappa shape index (κ2) is 8.10. The molecule has 0 unspecified atom stereocenters. The van der Waals surface area contributed by atoms with E-state index < -0.39 is 29.9 Å². The van der Waals surface area contributed by atoms with Crippen molar-refractivity contribution in [1.29, 1.82) is 0 Å². The number of amides is 1. The molecule has 0 aliphatic heterocycles. The number of rotatable bonds is 6. The molecule has 126 valence electrons. The van der Waals surface area contributed by atoms with E-state index in [2.05, 4.69) is 5.32 Å². The quantitative estimate of drug-likeness (QED) is 0.826. The number of para-hydroxylation sites is 1. The zero-order valence-corrected chi connectivity index (χ0v) is 13.4. The first-order chi connectivity index (χ1) is 11.5. The van der Waals surface area contributed by atoms with Crippen LogP contribution in [0.1, 0.15) is 13.8 Å². The molecule has 1 N–H and O–H groups in total. The number of esters is 1. The third-order valence-electron chi connectivity index (χ3n) is 3.16. The molecule has 0 heterocycles. The zero-order valence-electron chi connectivity index (χ0n) is 13.4. The van der Waals surface area contributed by atoms with Crippen LogP contribution in [0.2, 0.25) is 0 Å². The first-order valence-electron chi connectivity index (χ1n) is 7.44. The van der Waals surface area contributed by atoms with Gasteiger partial charge in [-0.3, -0.25) is 4.79 Å². The van der Waals surface area contributed by atoms with E-state index in [4.69, 9.17) is 9.47 Å². The summed E-state index contributed by atoms with van der Waals surface area (Å²) in [6, 6.07) is 14.1. The highest BCUT2D eigenvalue weighted by atomic mass is 19.1. The number of hydrogen-bond acceptors (Lipinski definition) is 4. The Hall–Kier alpha value is -2.89. The van der Waals surface area contributed by atoms with E-state index in [0.717, 1.165) is 0 Å². The third-order valence-corrected chi connectivity index (χ3v) is 3.16. The summed E-state index contributed by atoms with van der Waals surface area (Å²) in [4.78, 5) is 24.0. The van der Waals surface area contributed by atoms with Gasteiger partial charge in [-0.05, 0) is 50.2 Å². The Balaban J connectivity index is 1.85. The van der Waals surface area contributed by atoms with Gasteiger partial charge in [0, 0.05) is 5.69 Å². The van der Waals surface area contributed by atoms with Gasteiger partial charge < -0.3 is 14.8 Å². The van der Waals surface area contributed by atoms with Crippen LogP contribution in [0.3, 0.4) is 0 Å². The van der Waals surface area contributed by atoms with Crippen molar-refractivity contribution in [3.05, 3.63) is 60.4 Å². The van der Waals surface area contributed by atoms with Gasteiger partial charge in [-0.2, -0.15) is 0 Å². The number of carbonyl (C=O) groups is 2. The third kappa shape index (κ3) is 5.08. The molecular formula is C18H18FNO4. The van der Waals surface area contributed by atoms with Gasteiger partial charge in [-0.15, -0.1) is 0 Å². The van der Waals surface area contributed by atoms with Crippen LogP contribution in [0, 0.1) is 5.82 Å². The highest BCUT2D eigenvalue weighted by Gasteiger charge is 2.23. The van der Waals surface area contributed by atoms with Crippen LogP contribution in [-0.4, -0.2) is 24.1 Å². The van der Waals surface area contributed by atoms with Gasteiger partial charge in [0.2, 0.25) is 0 Å². The first-order valence-corrected chi connectivity index (χ1v) is 7.44. The number of nitrogens with one attached hydrogen (secondary N) is 1. The maximum atomic E-state index is 12.8. The van der Waals surface area contributed by atoms with E-state index in [1.807, 2.05) is 6.07 Å². The van der Waals surface area contributed by atoms with Gasteiger partial charge in [0.15, 0.2) is 12.2 Å². The van der Waals surface area contributed by atoms with Crippen molar-refractivity contribution in [1.82, 2.24) is 0 Å². The topological polar surface area (TPSA) is 64.6 Å². The molecule has 0 radical (unpaired) electrons. The Kier molecular flexibility index (Phi) is 5.89. The van der Waals surface area contributed by atoms with E-state index in [9.17, 15) is 14.0 Å². The fourth-order valence-corrected chi connectivity index (χ4v) is 1.85. The molecule has 2 rings (SSSR count). The lowest BCUT2D eigenvalue weighted by Crippen LogP contribution is -2.35. The van der Waals surface area contributed by atoms with Crippen molar-refractivity contribution >= 4 is 17.6 Å². The van der Waals surface area contributed by atoms with Gasteiger partial charge in [0.1, 0.15) is 11.6 Å². The molecule has 2 aromatic carbocycles. The smallest absolute Gasteiger partial charge is 0.347 e. The summed E-state index contributed by atoms with van der Waals surface area (Å²) in [7, 11) is 0. The Morgan fingerprint density at radius 3 is 2.21 bits per heavy atom. The Morgan fingerprint density at radius 2 is 1.58 bits per heavy atom. The molecular weight excluding hydrogens is 313 g/mol. The van der Waals surface area contributed by atoms with Gasteiger partial charge in [-0.1, -0.05) is 18.2 Å². The predicted octanol–water partition coefficient (Wildman–Crippen LogP) is 3.16. The molecule has 0 aromatic heterocycles. The van der Waals surface area contributed by atoms with Crippen LogP contribution in [0.5, 0.6) is 5.75 Å². The van der Waals surface area contributed by atoms with Gasteiger partial charge in [0.05, 0.1) is 0 Å². The standard InChI is InChI=1S/C18H18FNO4/c1-12(17(21)20-15-6-4-3-5-7-15)24-18(22)13(2)23-16-10-8-14(19)9-11-16/h3-13H,1-2H3,(H,20,21)/t12-,13-/m0/s1. The number of carbonyl (C=O) groups excluding carboxylic acids is 2. The lowest BCUT2D eigenvalue weighted by Gasteiger charge is -2.17. The average Bonchev–Trinajstić information content (AvgIpc) is 2.57. The van der Waals surface area contributed by atoms with Crippen LogP contribution in [-0.2, 0) is 14.3 Å². The van der Waals surface area contributed by atoms with Gasteiger partial charge >= 0.3 is 5.97 Å². The van der Waals surface area contributed by atoms with Gasteiger partial charge in [-0.25, -0.2) is 9.18 Å². The number of anilines is 1. The molecule has 24 heavy (non-hydrogen) atoms. The fourth-order valence-electron chi connectivity index (χ4n) is 1.85. The van der Waals surface area contributed by atoms with Crippen LogP contribution < -0.4 is 10.1 Å². The molecule has 0 fully saturated rings. The van der Waals surface area contributed by atoms with Gasteiger partial charge in [0.25, 0.3) is 5.91 Å². The van der Waals surface area contributed by atoms with E-state index in [0.29, 0.717) is 11.4 Å². The lowest BCUT2D eigenvalue weighted by atomic mass is 10.3. The van der Waals surface area contributed by atoms with E-state index in [1.165, 1.54) is 38.1 Å². The monoisotopic (exact) mass is 331 g/mol. The second-order valence-corrected chi connectivity index (χ2v) is 5.15. The molecule has 2 aromatic rings. The molecule has 5 nitrogen and oxygen atoms in total. The molecule has 0 spiro atoms. The maximum absolute atomic E-state index is 12.8. The minimum Gasteiger partial charge on any atom is -0.479 e. The highest BCUT2D eigenvalue weighted by Crippen LogP contribution is 2.14. The Morgan fingerprint density at radius 1 is 0.958 bits per heavy atom. The Labute approximate surface area is 139 Å². The van der Waals surface area contributed by atoms with Crippen LogP contribution in [0.15, 0.2) is 54.6 Å². The van der Waals surface area contributed by atoms with Crippen LogP contribution in [0.25, 0.3) is 0 Å². The minimum absolute atomic E-state index is 0.335. The molecule has 6 heteroatoms. The van der Waals surface area contributed by atoms with Crippen LogP contribution >= 0.6 is 0 Å². The molecule has 0 saturated carbocycles. The SMILES string of the molecule is C[C@H](OC(=O)[C@H](C)Oc1ccc(F)cc1)C(=O)Nc1ccccc1. The fraction of sp³-hybridized carbons (Fsp3) is 0.222. The largest absolute Gasteiger partial charge is 0.479 e. The number of halogens is 1. The summed E-state index contributed by atoms with van der Waals surface area (Å²) in [6.45, 7) is 2.97. The Bertz CT molecular complexity index is 688. The summed E-state index contributed by atoms with van der Waals surface area (Å²) in [5.74, 6) is -1.19. The summed E-state index contributed by atoms with van der Waals surface area (Å²) >= 11 is 0. The highest BCUT2D eigenvalue weighted by molar-refractivity contribution is 5.95. The van der Waals surface area contributed by atoms with E-state index >= 15 is 0 Å². The number of benzene rings is 2. The normalized spacial score (nSPS) is 12.8. The van der Waals surface area contributed by atoms with Crippen molar-refractivity contribution in [2.24, 2.45) is 0 Å². The molecule has 2 atom stereocenters. The zero-order chi connectivity index (χ0) is 17.5. The van der Waals surface area contributed by atoms with Crippen LogP contribution in [0.4, 0.5) is 10.1 Å². The maximum Gasteiger partial charge on any atom is 0.347 e. The lowest BCUT2D eigenvalue weighted by molar-refractivity contribution is -0.159. The molecule has 0 bridgehead atoms. The molecule has 1 amide bonds. The average molecular weight is 331 g/mol. The van der Waals surface area contributed by atoms with Crippen molar-refractivity contribution in [3.8, 4) is 5.75 Å². The van der Waals surface area contributed by atoms with Crippen molar-refractivity contribution in [2.45, 2.75) is 26.1 Å². The summed E-state index contributed by atoms with van der Waals surface area (Å²) in [5.41, 5.74) is 0.612. The van der Waals surface area contributed by atoms with Crippen molar-refractivity contribution in [3.63, 3.8) is 0 Å². The van der Waals surface area contributed by atoms with Crippen molar-refractivity contribution < 1.29 is 23.5 Å². The van der Waals surface area contributed by atoms with E-state index in [-0.39, 0.29) is 0 Å². The first kappa shape index (κ1) is 17.5. The molecule has 0 aliphatic carbocycles. The number of hydrogen-bond donors (Lipinski definition) is 1. The predicted molar refractivity (Wildman–Crippen MR) is 87.1 cm³/mol.